The summed E-state index contributed by atoms with van der Waals surface area (Å²) in [6.07, 6.45) is 1.16. The molecule has 2 atom stereocenters. The van der Waals surface area contributed by atoms with Gasteiger partial charge in [-0.1, -0.05) is 56.3 Å². The van der Waals surface area contributed by atoms with Crippen LogP contribution in [0, 0.1) is 6.92 Å². The second kappa shape index (κ2) is 8.53. The summed E-state index contributed by atoms with van der Waals surface area (Å²) >= 11 is 0. The van der Waals surface area contributed by atoms with Crippen LogP contribution in [0.3, 0.4) is 0 Å². The molecule has 24 heavy (non-hydrogen) atoms. The Morgan fingerprint density at radius 3 is 2.33 bits per heavy atom. The van der Waals surface area contributed by atoms with Gasteiger partial charge in [-0.3, -0.25) is 4.79 Å². The van der Waals surface area contributed by atoms with E-state index in [9.17, 15) is 4.79 Å². The number of hydrogen-bond acceptors (Lipinski definition) is 2. The highest BCUT2D eigenvalue weighted by Crippen LogP contribution is 2.20. The zero-order valence-electron chi connectivity index (χ0n) is 15.0. The van der Waals surface area contributed by atoms with Crippen molar-refractivity contribution in [2.75, 3.05) is 0 Å². The molecule has 0 heterocycles. The molecular formula is C21H27NO2. The van der Waals surface area contributed by atoms with Crippen molar-refractivity contribution in [2.45, 2.75) is 52.7 Å². The minimum absolute atomic E-state index is 0.0436. The average molecular weight is 325 g/mol. The van der Waals surface area contributed by atoms with Crippen molar-refractivity contribution in [3.63, 3.8) is 0 Å². The highest BCUT2D eigenvalue weighted by atomic mass is 16.5. The SMILES string of the molecule is CCc1ccc([C@@H](C)NC(=O)[C@@H](CC)Oc2ccccc2C)cc1. The normalized spacial score (nSPS) is 13.2. The molecule has 3 nitrogen and oxygen atoms in total. The van der Waals surface area contributed by atoms with Gasteiger partial charge < -0.3 is 10.1 Å². The lowest BCUT2D eigenvalue weighted by molar-refractivity contribution is -0.128. The van der Waals surface area contributed by atoms with E-state index < -0.39 is 6.10 Å². The summed E-state index contributed by atoms with van der Waals surface area (Å²) in [5, 5.41) is 3.06. The summed E-state index contributed by atoms with van der Waals surface area (Å²) in [6, 6.07) is 16.1. The molecule has 2 rings (SSSR count). The molecular weight excluding hydrogens is 298 g/mol. The van der Waals surface area contributed by atoms with E-state index in [1.807, 2.05) is 45.0 Å². The lowest BCUT2D eigenvalue weighted by atomic mass is 10.0. The molecule has 0 aliphatic carbocycles. The molecule has 1 amide bonds. The molecule has 0 saturated carbocycles. The number of benzene rings is 2. The molecule has 0 aliphatic heterocycles. The molecule has 2 aromatic carbocycles. The van der Waals surface area contributed by atoms with Crippen molar-refractivity contribution >= 4 is 5.91 Å². The van der Waals surface area contributed by atoms with Crippen LogP contribution in [0.25, 0.3) is 0 Å². The summed E-state index contributed by atoms with van der Waals surface area (Å²) in [4.78, 5) is 12.6. The topological polar surface area (TPSA) is 38.3 Å². The molecule has 0 unspecified atom stereocenters. The number of ether oxygens (including phenoxy) is 1. The molecule has 1 N–H and O–H groups in total. The summed E-state index contributed by atoms with van der Waals surface area (Å²) in [5.74, 6) is 0.687. The first kappa shape index (κ1) is 18.1. The molecule has 0 radical (unpaired) electrons. The predicted octanol–water partition coefficient (Wildman–Crippen LogP) is 4.59. The second-order valence-corrected chi connectivity index (χ2v) is 6.11. The number of amides is 1. The van der Waals surface area contributed by atoms with Crippen molar-refractivity contribution in [3.8, 4) is 5.75 Å². The first-order valence-electron chi connectivity index (χ1n) is 8.66. The quantitative estimate of drug-likeness (QED) is 0.808. The standard InChI is InChI=1S/C21H27NO2/c1-5-17-11-13-18(14-12-17)16(4)22-21(23)19(6-2)24-20-10-8-7-9-15(20)3/h7-14,16,19H,5-6H2,1-4H3,(H,22,23)/t16-,19-/m1/s1. The third-order valence-electron chi connectivity index (χ3n) is 4.27. The zero-order valence-corrected chi connectivity index (χ0v) is 15.0. The Kier molecular flexibility index (Phi) is 6.42. The molecule has 3 heteroatoms. The molecule has 0 spiro atoms. The summed E-state index contributed by atoms with van der Waals surface area (Å²) in [7, 11) is 0. The van der Waals surface area contributed by atoms with Crippen LogP contribution in [-0.2, 0) is 11.2 Å². The molecule has 0 aromatic heterocycles. The van der Waals surface area contributed by atoms with E-state index in [2.05, 4.69) is 36.5 Å². The van der Waals surface area contributed by atoms with Crippen LogP contribution in [-0.4, -0.2) is 12.0 Å². The van der Waals surface area contributed by atoms with E-state index in [4.69, 9.17) is 4.74 Å². The first-order chi connectivity index (χ1) is 11.5. The lowest BCUT2D eigenvalue weighted by Gasteiger charge is -2.21. The molecule has 0 fully saturated rings. The van der Waals surface area contributed by atoms with Gasteiger partial charge in [-0.2, -0.15) is 0 Å². The van der Waals surface area contributed by atoms with E-state index in [0.717, 1.165) is 23.3 Å². The fraction of sp³-hybridized carbons (Fsp3) is 0.381. The highest BCUT2D eigenvalue weighted by Gasteiger charge is 2.21. The summed E-state index contributed by atoms with van der Waals surface area (Å²) in [6.45, 7) is 8.08. The molecule has 0 aliphatic rings. The van der Waals surface area contributed by atoms with E-state index in [1.54, 1.807) is 0 Å². The van der Waals surface area contributed by atoms with Gasteiger partial charge in [0, 0.05) is 0 Å². The Hall–Kier alpha value is -2.29. The maximum Gasteiger partial charge on any atom is 0.261 e. The van der Waals surface area contributed by atoms with Crippen LogP contribution < -0.4 is 10.1 Å². The maximum atomic E-state index is 12.6. The van der Waals surface area contributed by atoms with Gasteiger partial charge in [-0.15, -0.1) is 0 Å². The minimum Gasteiger partial charge on any atom is -0.480 e. The number of hydrogen-bond donors (Lipinski definition) is 1. The minimum atomic E-state index is -0.483. The number of rotatable bonds is 7. The van der Waals surface area contributed by atoms with Gasteiger partial charge in [0.15, 0.2) is 6.10 Å². The summed E-state index contributed by atoms with van der Waals surface area (Å²) in [5.41, 5.74) is 3.44. The van der Waals surface area contributed by atoms with Crippen LogP contribution in [0.5, 0.6) is 5.75 Å². The number of aryl methyl sites for hydroxylation is 2. The third-order valence-corrected chi connectivity index (χ3v) is 4.27. The zero-order chi connectivity index (χ0) is 17.5. The van der Waals surface area contributed by atoms with Gasteiger partial charge in [0.05, 0.1) is 6.04 Å². The fourth-order valence-electron chi connectivity index (χ4n) is 2.60. The van der Waals surface area contributed by atoms with Crippen LogP contribution in [0.4, 0.5) is 0 Å². The Bertz CT molecular complexity index is 664. The largest absolute Gasteiger partial charge is 0.480 e. The third kappa shape index (κ3) is 4.60. The van der Waals surface area contributed by atoms with Crippen molar-refractivity contribution in [1.29, 1.82) is 0 Å². The molecule has 2 aromatic rings. The van der Waals surface area contributed by atoms with Gasteiger partial charge in [0.2, 0.25) is 0 Å². The van der Waals surface area contributed by atoms with E-state index in [0.29, 0.717) is 6.42 Å². The van der Waals surface area contributed by atoms with Crippen molar-refractivity contribution in [2.24, 2.45) is 0 Å². The van der Waals surface area contributed by atoms with E-state index in [-0.39, 0.29) is 11.9 Å². The Morgan fingerprint density at radius 2 is 1.75 bits per heavy atom. The van der Waals surface area contributed by atoms with Gasteiger partial charge in [-0.25, -0.2) is 0 Å². The molecule has 0 bridgehead atoms. The monoisotopic (exact) mass is 325 g/mol. The van der Waals surface area contributed by atoms with Gasteiger partial charge in [0.25, 0.3) is 5.91 Å². The van der Waals surface area contributed by atoms with Crippen LogP contribution >= 0.6 is 0 Å². The number of nitrogens with one attached hydrogen (secondary N) is 1. The van der Waals surface area contributed by atoms with Gasteiger partial charge in [-0.05, 0) is 49.4 Å². The smallest absolute Gasteiger partial charge is 0.261 e. The Balaban J connectivity index is 2.01. The van der Waals surface area contributed by atoms with E-state index in [1.165, 1.54) is 5.56 Å². The van der Waals surface area contributed by atoms with Crippen LogP contribution in [0.1, 0.15) is 49.9 Å². The van der Waals surface area contributed by atoms with Gasteiger partial charge in [0.1, 0.15) is 5.75 Å². The van der Waals surface area contributed by atoms with Gasteiger partial charge >= 0.3 is 0 Å². The maximum absolute atomic E-state index is 12.6. The second-order valence-electron chi connectivity index (χ2n) is 6.11. The van der Waals surface area contributed by atoms with Crippen LogP contribution in [0.2, 0.25) is 0 Å². The van der Waals surface area contributed by atoms with Crippen LogP contribution in [0.15, 0.2) is 48.5 Å². The molecule has 0 saturated heterocycles. The fourth-order valence-corrected chi connectivity index (χ4v) is 2.60. The predicted molar refractivity (Wildman–Crippen MR) is 98.3 cm³/mol. The first-order valence-corrected chi connectivity index (χ1v) is 8.66. The Morgan fingerprint density at radius 1 is 1.08 bits per heavy atom. The molecule has 128 valence electrons. The number of carbonyl (C=O) groups is 1. The highest BCUT2D eigenvalue weighted by molar-refractivity contribution is 5.81. The summed E-state index contributed by atoms with van der Waals surface area (Å²) < 4.78 is 5.92. The Labute approximate surface area is 145 Å². The average Bonchev–Trinajstić information content (AvgIpc) is 2.61. The van der Waals surface area contributed by atoms with E-state index >= 15 is 0 Å². The van der Waals surface area contributed by atoms with Crippen molar-refractivity contribution in [3.05, 3.63) is 65.2 Å². The number of para-hydroxylation sites is 1. The van der Waals surface area contributed by atoms with Crippen molar-refractivity contribution in [1.82, 2.24) is 5.32 Å². The van der Waals surface area contributed by atoms with Crippen molar-refractivity contribution < 1.29 is 9.53 Å². The number of carbonyl (C=O) groups excluding carboxylic acids is 1. The lowest BCUT2D eigenvalue weighted by Crippen LogP contribution is -2.39.